The number of aromatic amines is 1. The van der Waals surface area contributed by atoms with Crippen LogP contribution in [0.2, 0.25) is 0 Å². The van der Waals surface area contributed by atoms with E-state index in [-0.39, 0.29) is 11.6 Å². The summed E-state index contributed by atoms with van der Waals surface area (Å²) in [7, 11) is 0. The molecule has 190 valence electrons. The van der Waals surface area contributed by atoms with Crippen molar-refractivity contribution in [3.63, 3.8) is 0 Å². The summed E-state index contributed by atoms with van der Waals surface area (Å²) in [5.41, 5.74) is 5.03. The standard InChI is InChI=1S/C29H32N6O2/c1-4-26(28-31-32-33-35(28)19-24-11-8-16-37-24)34(15-14-22-9-6-5-7-10-22)18-23-17-25-20(2)12-13-21(3)27(25)30-29(23)36/h5-13,16-17,26H,4,14-15,18-19H2,1-3H3,(H,30,36)/t26-/m0/s1. The molecule has 3 heterocycles. The summed E-state index contributed by atoms with van der Waals surface area (Å²) >= 11 is 0. The van der Waals surface area contributed by atoms with Crippen molar-refractivity contribution in [1.82, 2.24) is 30.1 Å². The molecule has 0 fully saturated rings. The second-order valence-corrected chi connectivity index (χ2v) is 9.52. The van der Waals surface area contributed by atoms with Gasteiger partial charge in [0.1, 0.15) is 12.3 Å². The van der Waals surface area contributed by atoms with Crippen LogP contribution < -0.4 is 5.56 Å². The van der Waals surface area contributed by atoms with Gasteiger partial charge in [0.25, 0.3) is 5.56 Å². The molecular weight excluding hydrogens is 464 g/mol. The van der Waals surface area contributed by atoms with E-state index >= 15 is 0 Å². The van der Waals surface area contributed by atoms with Crippen molar-refractivity contribution in [2.75, 3.05) is 6.54 Å². The zero-order chi connectivity index (χ0) is 25.8. The van der Waals surface area contributed by atoms with Crippen molar-refractivity contribution in [2.24, 2.45) is 0 Å². The third kappa shape index (κ3) is 5.39. The maximum atomic E-state index is 13.2. The highest BCUT2D eigenvalue weighted by molar-refractivity contribution is 5.85. The van der Waals surface area contributed by atoms with Gasteiger partial charge in [0.15, 0.2) is 5.82 Å². The lowest BCUT2D eigenvalue weighted by Gasteiger charge is -2.30. The van der Waals surface area contributed by atoms with Crippen LogP contribution in [0.25, 0.3) is 10.9 Å². The summed E-state index contributed by atoms with van der Waals surface area (Å²) < 4.78 is 7.33. The molecule has 0 unspecified atom stereocenters. The average Bonchev–Trinajstić information content (AvgIpc) is 3.59. The summed E-state index contributed by atoms with van der Waals surface area (Å²) in [6.45, 7) is 7.92. The van der Waals surface area contributed by atoms with Crippen LogP contribution in [-0.4, -0.2) is 36.6 Å². The highest BCUT2D eigenvalue weighted by atomic mass is 16.3. The number of hydrogen-bond acceptors (Lipinski definition) is 6. The van der Waals surface area contributed by atoms with Crippen LogP contribution in [0, 0.1) is 13.8 Å². The molecule has 5 rings (SSSR count). The van der Waals surface area contributed by atoms with Crippen molar-refractivity contribution in [2.45, 2.75) is 52.7 Å². The van der Waals surface area contributed by atoms with Gasteiger partial charge in [-0.3, -0.25) is 9.69 Å². The molecule has 37 heavy (non-hydrogen) atoms. The zero-order valence-corrected chi connectivity index (χ0v) is 21.5. The lowest BCUT2D eigenvalue weighted by molar-refractivity contribution is 0.172. The van der Waals surface area contributed by atoms with Crippen molar-refractivity contribution in [3.8, 4) is 0 Å². The van der Waals surface area contributed by atoms with E-state index in [9.17, 15) is 4.79 Å². The van der Waals surface area contributed by atoms with Gasteiger partial charge in [-0.2, -0.15) is 0 Å². The lowest BCUT2D eigenvalue weighted by atomic mass is 10.0. The minimum atomic E-state index is -0.0811. The minimum Gasteiger partial charge on any atom is -0.467 e. The van der Waals surface area contributed by atoms with E-state index in [1.165, 1.54) is 5.56 Å². The number of furan rings is 1. The molecule has 0 saturated carbocycles. The van der Waals surface area contributed by atoms with Crippen molar-refractivity contribution >= 4 is 10.9 Å². The van der Waals surface area contributed by atoms with Crippen LogP contribution in [-0.2, 0) is 19.5 Å². The minimum absolute atomic E-state index is 0.0593. The number of H-pyrrole nitrogens is 1. The van der Waals surface area contributed by atoms with E-state index in [1.807, 2.05) is 37.3 Å². The summed E-state index contributed by atoms with van der Waals surface area (Å²) in [6, 6.07) is 20.3. The molecule has 0 aliphatic rings. The fourth-order valence-electron chi connectivity index (χ4n) is 4.93. The Hall–Kier alpha value is -4.04. The van der Waals surface area contributed by atoms with Gasteiger partial charge in [-0.1, -0.05) is 49.4 Å². The summed E-state index contributed by atoms with van der Waals surface area (Å²) in [5.74, 6) is 1.55. The van der Waals surface area contributed by atoms with Crippen molar-refractivity contribution in [1.29, 1.82) is 0 Å². The number of aromatic nitrogens is 5. The third-order valence-corrected chi connectivity index (χ3v) is 7.00. The predicted octanol–water partition coefficient (Wildman–Crippen LogP) is 4.97. The summed E-state index contributed by atoms with van der Waals surface area (Å²) in [4.78, 5) is 18.7. The number of nitrogens with zero attached hydrogens (tertiary/aromatic N) is 5. The Kier molecular flexibility index (Phi) is 7.28. The zero-order valence-electron chi connectivity index (χ0n) is 21.5. The van der Waals surface area contributed by atoms with Gasteiger partial charge in [-0.15, -0.1) is 5.10 Å². The van der Waals surface area contributed by atoms with Gasteiger partial charge in [0.2, 0.25) is 0 Å². The van der Waals surface area contributed by atoms with E-state index in [0.29, 0.717) is 13.1 Å². The monoisotopic (exact) mass is 496 g/mol. The van der Waals surface area contributed by atoms with Gasteiger partial charge in [0.05, 0.1) is 17.8 Å². The van der Waals surface area contributed by atoms with Crippen molar-refractivity contribution in [3.05, 3.63) is 111 Å². The van der Waals surface area contributed by atoms with E-state index in [2.05, 4.69) is 69.6 Å². The van der Waals surface area contributed by atoms with E-state index < -0.39 is 0 Å². The molecule has 0 aliphatic carbocycles. The van der Waals surface area contributed by atoms with E-state index in [4.69, 9.17) is 4.42 Å². The quantitative estimate of drug-likeness (QED) is 0.294. The highest BCUT2D eigenvalue weighted by Gasteiger charge is 2.26. The Morgan fingerprint density at radius 1 is 1.05 bits per heavy atom. The predicted molar refractivity (Wildman–Crippen MR) is 143 cm³/mol. The Balaban J connectivity index is 1.50. The molecule has 1 atom stereocenters. The molecule has 8 heteroatoms. The first-order valence-corrected chi connectivity index (χ1v) is 12.7. The van der Waals surface area contributed by atoms with Crippen molar-refractivity contribution < 1.29 is 4.42 Å². The maximum Gasteiger partial charge on any atom is 0.252 e. The molecule has 0 amide bonds. The SMILES string of the molecule is CC[C@@H](c1nnnn1Cc1ccco1)N(CCc1ccccc1)Cc1cc2c(C)ccc(C)c2[nH]c1=O. The van der Waals surface area contributed by atoms with Crippen LogP contribution >= 0.6 is 0 Å². The first-order chi connectivity index (χ1) is 18.0. The molecular formula is C29H32N6O2. The van der Waals surface area contributed by atoms with Crippen LogP contribution in [0.15, 0.2) is 76.1 Å². The first-order valence-electron chi connectivity index (χ1n) is 12.7. The van der Waals surface area contributed by atoms with Gasteiger partial charge in [-0.25, -0.2) is 4.68 Å². The number of pyridine rings is 1. The number of tetrazole rings is 1. The molecule has 0 aliphatic heterocycles. The average molecular weight is 497 g/mol. The fraction of sp³-hybridized carbons (Fsp3) is 0.310. The Labute approximate surface area is 215 Å². The number of benzene rings is 2. The van der Waals surface area contributed by atoms with E-state index in [1.54, 1.807) is 10.9 Å². The Morgan fingerprint density at radius 3 is 2.62 bits per heavy atom. The second-order valence-electron chi connectivity index (χ2n) is 9.52. The maximum absolute atomic E-state index is 13.2. The van der Waals surface area contributed by atoms with Crippen LogP contribution in [0.4, 0.5) is 0 Å². The molecule has 0 spiro atoms. The summed E-state index contributed by atoms with van der Waals surface area (Å²) in [5, 5.41) is 13.7. The van der Waals surface area contributed by atoms with Gasteiger partial charge < -0.3 is 9.40 Å². The molecule has 2 aromatic carbocycles. The summed E-state index contributed by atoms with van der Waals surface area (Å²) in [6.07, 6.45) is 3.29. The smallest absolute Gasteiger partial charge is 0.252 e. The molecule has 0 saturated heterocycles. The van der Waals surface area contributed by atoms with Gasteiger partial charge in [-0.05, 0) is 72.0 Å². The number of fused-ring (bicyclic) bond motifs is 1. The molecule has 1 N–H and O–H groups in total. The molecule has 0 radical (unpaired) electrons. The molecule has 0 bridgehead atoms. The van der Waals surface area contributed by atoms with Crippen LogP contribution in [0.3, 0.4) is 0 Å². The molecule has 8 nitrogen and oxygen atoms in total. The third-order valence-electron chi connectivity index (χ3n) is 7.00. The highest BCUT2D eigenvalue weighted by Crippen LogP contribution is 2.26. The second kappa shape index (κ2) is 10.9. The number of aryl methyl sites for hydroxylation is 2. The number of rotatable bonds is 10. The van der Waals surface area contributed by atoms with Crippen LogP contribution in [0.5, 0.6) is 0 Å². The topological polar surface area (TPSA) is 92.8 Å². The lowest BCUT2D eigenvalue weighted by Crippen LogP contribution is -2.34. The van der Waals surface area contributed by atoms with E-state index in [0.717, 1.165) is 58.6 Å². The van der Waals surface area contributed by atoms with Crippen LogP contribution in [0.1, 0.15) is 53.2 Å². The van der Waals surface area contributed by atoms with Gasteiger partial charge in [0, 0.05) is 24.0 Å². The fourth-order valence-corrected chi connectivity index (χ4v) is 4.93. The molecule has 5 aromatic rings. The Morgan fingerprint density at radius 2 is 1.86 bits per heavy atom. The first kappa shape index (κ1) is 24.6. The largest absolute Gasteiger partial charge is 0.467 e. The number of nitrogens with one attached hydrogen (secondary N) is 1. The normalized spacial score (nSPS) is 12.4. The molecule has 3 aromatic heterocycles. The Bertz CT molecular complexity index is 1520. The number of hydrogen-bond donors (Lipinski definition) is 1. The van der Waals surface area contributed by atoms with Gasteiger partial charge >= 0.3 is 0 Å².